The van der Waals surface area contributed by atoms with E-state index in [-0.39, 0.29) is 25.5 Å². The van der Waals surface area contributed by atoms with E-state index in [1.54, 1.807) is 13.8 Å². The van der Waals surface area contributed by atoms with Crippen molar-refractivity contribution in [2.75, 3.05) is 18.9 Å². The zero-order valence-corrected chi connectivity index (χ0v) is 12.2. The fraction of sp³-hybridized carbons (Fsp3) is 0.818. The lowest BCUT2D eigenvalue weighted by Crippen LogP contribution is -2.31. The molecule has 0 saturated heterocycles. The van der Waals surface area contributed by atoms with Crippen LogP contribution in [0, 0.1) is 5.41 Å². The summed E-state index contributed by atoms with van der Waals surface area (Å²) in [5.74, 6) is -1.35. The van der Waals surface area contributed by atoms with E-state index in [0.717, 1.165) is 0 Å². The molecule has 0 radical (unpaired) electrons. The number of nitrogens with one attached hydrogen (secondary N) is 1. The number of hydrogen-bond donors (Lipinski definition) is 2. The summed E-state index contributed by atoms with van der Waals surface area (Å²) < 4.78 is 34.2. The van der Waals surface area contributed by atoms with Gasteiger partial charge in [-0.1, -0.05) is 6.92 Å². The van der Waals surface area contributed by atoms with Crippen molar-refractivity contribution < 1.29 is 27.3 Å². The van der Waals surface area contributed by atoms with Crippen LogP contribution in [0.1, 0.15) is 33.6 Å². The summed E-state index contributed by atoms with van der Waals surface area (Å²) in [6.45, 7) is 5.14. The molecule has 0 unspecified atom stereocenters. The first-order valence-corrected chi connectivity index (χ1v) is 7.58. The first-order chi connectivity index (χ1) is 8.58. The number of amides is 1. The third kappa shape index (κ3) is 8.55. The van der Waals surface area contributed by atoms with Crippen LogP contribution in [0.4, 0.5) is 0 Å². The van der Waals surface area contributed by atoms with Gasteiger partial charge in [-0.2, -0.15) is 8.42 Å². The third-order valence-electron chi connectivity index (χ3n) is 2.68. The van der Waals surface area contributed by atoms with Gasteiger partial charge in [-0.25, -0.2) is 0 Å². The van der Waals surface area contributed by atoms with Gasteiger partial charge >= 0.3 is 5.97 Å². The molecule has 8 heteroatoms. The number of rotatable bonds is 8. The molecule has 0 bridgehead atoms. The second-order valence-corrected chi connectivity index (χ2v) is 6.33. The average Bonchev–Trinajstić information content (AvgIpc) is 2.27. The van der Waals surface area contributed by atoms with E-state index in [4.69, 9.17) is 9.29 Å². The molecular formula is C11H21NO6S. The fourth-order valence-electron chi connectivity index (χ4n) is 0.984. The van der Waals surface area contributed by atoms with Gasteiger partial charge in [0.15, 0.2) is 0 Å². The van der Waals surface area contributed by atoms with Gasteiger partial charge in [0.1, 0.15) is 6.61 Å². The van der Waals surface area contributed by atoms with Gasteiger partial charge in [-0.15, -0.1) is 0 Å². The number of esters is 1. The second-order valence-electron chi connectivity index (χ2n) is 4.76. The van der Waals surface area contributed by atoms with Crippen molar-refractivity contribution in [3.63, 3.8) is 0 Å². The van der Waals surface area contributed by atoms with E-state index in [9.17, 15) is 18.0 Å². The number of carbonyl (C=O) groups excluding carboxylic acids is 2. The molecule has 0 aliphatic carbocycles. The molecule has 0 rings (SSSR count). The Kier molecular flexibility index (Phi) is 6.99. The summed E-state index contributed by atoms with van der Waals surface area (Å²) >= 11 is 0. The average molecular weight is 295 g/mol. The maximum atomic E-state index is 11.6. The highest BCUT2D eigenvalue weighted by molar-refractivity contribution is 7.85. The highest BCUT2D eigenvalue weighted by atomic mass is 32.2. The molecule has 0 saturated carbocycles. The Hall–Kier alpha value is -1.15. The molecule has 0 aromatic rings. The number of carbonyl (C=O) groups is 2. The molecular weight excluding hydrogens is 274 g/mol. The normalized spacial score (nSPS) is 12.0. The molecule has 112 valence electrons. The summed E-state index contributed by atoms with van der Waals surface area (Å²) in [6, 6.07) is 0. The number of ether oxygens (including phenoxy) is 1. The minimum Gasteiger partial charge on any atom is -0.465 e. The maximum Gasteiger partial charge on any atom is 0.311 e. The Labute approximate surface area is 113 Å². The van der Waals surface area contributed by atoms with Crippen molar-refractivity contribution in [2.24, 2.45) is 5.41 Å². The molecule has 0 aliphatic heterocycles. The molecule has 0 aromatic heterocycles. The Balaban J connectivity index is 3.84. The van der Waals surface area contributed by atoms with Crippen LogP contribution in [0.2, 0.25) is 0 Å². The quantitative estimate of drug-likeness (QED) is 0.494. The largest absolute Gasteiger partial charge is 0.465 e. The molecule has 2 N–H and O–H groups in total. The standard InChI is InChI=1S/C11H21NO6S/c1-4-11(2,3)10(14)18-7-5-9(13)12-6-8-19(15,16)17/h4-8H2,1-3H3,(H,12,13)(H,15,16,17). The lowest BCUT2D eigenvalue weighted by molar-refractivity contribution is -0.154. The van der Waals surface area contributed by atoms with E-state index >= 15 is 0 Å². The van der Waals surface area contributed by atoms with E-state index in [0.29, 0.717) is 6.42 Å². The predicted molar refractivity (Wildman–Crippen MR) is 69.1 cm³/mol. The molecule has 19 heavy (non-hydrogen) atoms. The summed E-state index contributed by atoms with van der Waals surface area (Å²) in [6.07, 6.45) is 0.587. The van der Waals surface area contributed by atoms with Crippen LogP contribution in [0.5, 0.6) is 0 Å². The summed E-state index contributed by atoms with van der Waals surface area (Å²) in [4.78, 5) is 22.8. The van der Waals surface area contributed by atoms with Gasteiger partial charge in [0, 0.05) is 6.54 Å². The van der Waals surface area contributed by atoms with E-state index in [1.807, 2.05) is 6.92 Å². The van der Waals surface area contributed by atoms with Gasteiger partial charge in [0.05, 0.1) is 17.6 Å². The molecule has 0 aromatic carbocycles. The van der Waals surface area contributed by atoms with E-state index < -0.39 is 27.2 Å². The van der Waals surface area contributed by atoms with Crippen molar-refractivity contribution in [1.82, 2.24) is 5.32 Å². The zero-order chi connectivity index (χ0) is 15.1. The van der Waals surface area contributed by atoms with Gasteiger partial charge in [0.25, 0.3) is 10.1 Å². The first kappa shape index (κ1) is 17.8. The lowest BCUT2D eigenvalue weighted by Gasteiger charge is -2.20. The van der Waals surface area contributed by atoms with Crippen LogP contribution in [0.3, 0.4) is 0 Å². The topological polar surface area (TPSA) is 110 Å². The monoisotopic (exact) mass is 295 g/mol. The van der Waals surface area contributed by atoms with Crippen LogP contribution in [-0.4, -0.2) is 43.8 Å². The minimum absolute atomic E-state index is 0.0446. The highest BCUT2D eigenvalue weighted by Crippen LogP contribution is 2.21. The Morgan fingerprint density at radius 2 is 1.89 bits per heavy atom. The summed E-state index contributed by atoms with van der Waals surface area (Å²) in [5.41, 5.74) is -0.582. The van der Waals surface area contributed by atoms with Crippen LogP contribution >= 0.6 is 0 Å². The zero-order valence-electron chi connectivity index (χ0n) is 11.4. The molecule has 0 heterocycles. The Morgan fingerprint density at radius 3 is 2.37 bits per heavy atom. The van der Waals surface area contributed by atoms with Crippen LogP contribution < -0.4 is 5.32 Å². The van der Waals surface area contributed by atoms with Gasteiger partial charge in [0.2, 0.25) is 5.91 Å². The minimum atomic E-state index is -4.08. The molecule has 1 amide bonds. The fourth-order valence-corrected chi connectivity index (χ4v) is 1.34. The molecule has 0 fully saturated rings. The Morgan fingerprint density at radius 1 is 1.32 bits per heavy atom. The highest BCUT2D eigenvalue weighted by Gasteiger charge is 2.26. The van der Waals surface area contributed by atoms with Gasteiger partial charge in [-0.3, -0.25) is 14.1 Å². The van der Waals surface area contributed by atoms with Gasteiger partial charge < -0.3 is 10.1 Å². The summed E-state index contributed by atoms with van der Waals surface area (Å²) in [5, 5.41) is 2.30. The Bertz CT molecular complexity index is 415. The van der Waals surface area contributed by atoms with Crippen LogP contribution in [-0.2, 0) is 24.4 Å². The molecule has 0 spiro atoms. The smallest absolute Gasteiger partial charge is 0.311 e. The maximum absolute atomic E-state index is 11.6. The molecule has 0 aliphatic rings. The van der Waals surface area contributed by atoms with E-state index in [1.165, 1.54) is 0 Å². The predicted octanol–water partition coefficient (Wildman–Crippen LogP) is 0.360. The van der Waals surface area contributed by atoms with E-state index in [2.05, 4.69) is 5.32 Å². The number of hydrogen-bond acceptors (Lipinski definition) is 5. The lowest BCUT2D eigenvalue weighted by atomic mass is 9.91. The van der Waals surface area contributed by atoms with Crippen molar-refractivity contribution in [3.8, 4) is 0 Å². The summed E-state index contributed by atoms with van der Waals surface area (Å²) in [7, 11) is -4.08. The van der Waals surface area contributed by atoms with Crippen molar-refractivity contribution in [2.45, 2.75) is 33.6 Å². The molecule has 7 nitrogen and oxygen atoms in total. The SMILES string of the molecule is CCC(C)(C)C(=O)OCCC(=O)NCCS(=O)(=O)O. The van der Waals surface area contributed by atoms with Crippen molar-refractivity contribution in [1.29, 1.82) is 0 Å². The second kappa shape index (κ2) is 7.44. The van der Waals surface area contributed by atoms with Crippen molar-refractivity contribution >= 4 is 22.0 Å². The van der Waals surface area contributed by atoms with Gasteiger partial charge in [-0.05, 0) is 20.3 Å². The van der Waals surface area contributed by atoms with Crippen LogP contribution in [0.15, 0.2) is 0 Å². The first-order valence-electron chi connectivity index (χ1n) is 5.97. The van der Waals surface area contributed by atoms with Crippen LogP contribution in [0.25, 0.3) is 0 Å². The third-order valence-corrected chi connectivity index (χ3v) is 3.40. The molecule has 0 atom stereocenters. The van der Waals surface area contributed by atoms with Crippen molar-refractivity contribution in [3.05, 3.63) is 0 Å².